The van der Waals surface area contributed by atoms with Gasteiger partial charge in [0.25, 0.3) is 0 Å². The van der Waals surface area contributed by atoms with Crippen LogP contribution in [0.25, 0.3) is 0 Å². The lowest BCUT2D eigenvalue weighted by Crippen LogP contribution is -2.54. The first kappa shape index (κ1) is 17.2. The molecule has 2 saturated heterocycles. The summed E-state index contributed by atoms with van der Waals surface area (Å²) in [5.41, 5.74) is -0.741. The lowest BCUT2D eigenvalue weighted by atomic mass is 9.77. The van der Waals surface area contributed by atoms with Gasteiger partial charge in [0.1, 0.15) is 0 Å². The molecule has 22 heavy (non-hydrogen) atoms. The fourth-order valence-electron chi connectivity index (χ4n) is 3.51. The second-order valence-electron chi connectivity index (χ2n) is 6.57. The van der Waals surface area contributed by atoms with Gasteiger partial charge in [-0.25, -0.2) is 0 Å². The number of carboxylic acid groups (broad SMARTS) is 1. The van der Waals surface area contributed by atoms with E-state index in [9.17, 15) is 14.7 Å². The van der Waals surface area contributed by atoms with E-state index < -0.39 is 11.4 Å². The maximum Gasteiger partial charge on any atom is 0.311 e. The van der Waals surface area contributed by atoms with Gasteiger partial charge in [0.2, 0.25) is 5.91 Å². The second kappa shape index (κ2) is 7.42. The Kier molecular flexibility index (Phi) is 5.81. The largest absolute Gasteiger partial charge is 0.481 e. The molecule has 2 aliphatic heterocycles. The van der Waals surface area contributed by atoms with Gasteiger partial charge in [-0.15, -0.1) is 0 Å². The number of likely N-dealkylation sites (tertiary alicyclic amines) is 1. The molecule has 0 radical (unpaired) electrons. The van der Waals surface area contributed by atoms with E-state index in [2.05, 4.69) is 16.7 Å². The minimum absolute atomic E-state index is 0.0868. The van der Waals surface area contributed by atoms with Crippen molar-refractivity contribution >= 4 is 11.9 Å². The quantitative estimate of drug-likeness (QED) is 0.811. The molecule has 1 amide bonds. The van der Waals surface area contributed by atoms with Crippen LogP contribution in [0.15, 0.2) is 0 Å². The Labute approximate surface area is 133 Å². The van der Waals surface area contributed by atoms with E-state index in [0.717, 1.165) is 39.1 Å². The van der Waals surface area contributed by atoms with E-state index in [-0.39, 0.29) is 5.91 Å². The van der Waals surface area contributed by atoms with Crippen LogP contribution in [-0.2, 0) is 9.59 Å². The summed E-state index contributed by atoms with van der Waals surface area (Å²) in [5, 5.41) is 9.51. The van der Waals surface area contributed by atoms with Gasteiger partial charge in [0, 0.05) is 39.3 Å². The summed E-state index contributed by atoms with van der Waals surface area (Å²) < 4.78 is 0. The molecule has 126 valence electrons. The summed E-state index contributed by atoms with van der Waals surface area (Å²) in [4.78, 5) is 30.4. The third-order valence-electron chi connectivity index (χ3n) is 5.33. The molecule has 2 rings (SSSR count). The van der Waals surface area contributed by atoms with Crippen LogP contribution in [0, 0.1) is 5.41 Å². The Morgan fingerprint density at radius 2 is 1.68 bits per heavy atom. The monoisotopic (exact) mass is 311 g/mol. The average molecular weight is 311 g/mol. The maximum absolute atomic E-state index is 12.5. The zero-order chi connectivity index (χ0) is 16.2. The Morgan fingerprint density at radius 1 is 1.05 bits per heavy atom. The predicted molar refractivity (Wildman–Crippen MR) is 84.7 cm³/mol. The fraction of sp³-hybridized carbons (Fsp3) is 0.875. The van der Waals surface area contributed by atoms with Crippen LogP contribution in [0.4, 0.5) is 0 Å². The Hall–Kier alpha value is -1.14. The smallest absolute Gasteiger partial charge is 0.311 e. The molecule has 0 saturated carbocycles. The Bertz CT molecular complexity index is 407. The number of hydrogen-bond acceptors (Lipinski definition) is 4. The van der Waals surface area contributed by atoms with Gasteiger partial charge in [-0.1, -0.05) is 13.8 Å². The summed E-state index contributed by atoms with van der Waals surface area (Å²) in [5.74, 6) is -0.673. The number of amides is 1. The SMILES string of the molecule is CCN1CCN(CC(=O)N2CCC[C@](CC)(C(=O)O)C2)CC1. The van der Waals surface area contributed by atoms with Crippen molar-refractivity contribution in [1.82, 2.24) is 14.7 Å². The maximum atomic E-state index is 12.5. The number of nitrogens with zero attached hydrogens (tertiary/aromatic N) is 3. The number of carbonyl (C=O) groups excluding carboxylic acids is 1. The molecule has 0 unspecified atom stereocenters. The van der Waals surface area contributed by atoms with Crippen molar-refractivity contribution in [2.24, 2.45) is 5.41 Å². The summed E-state index contributed by atoms with van der Waals surface area (Å²) >= 11 is 0. The third-order valence-corrected chi connectivity index (χ3v) is 5.33. The van der Waals surface area contributed by atoms with E-state index in [1.165, 1.54) is 0 Å². The minimum Gasteiger partial charge on any atom is -0.481 e. The molecule has 6 heteroatoms. The van der Waals surface area contributed by atoms with Crippen molar-refractivity contribution in [3.63, 3.8) is 0 Å². The van der Waals surface area contributed by atoms with Crippen LogP contribution in [0.5, 0.6) is 0 Å². The van der Waals surface area contributed by atoms with Crippen LogP contribution in [-0.4, -0.2) is 84.0 Å². The molecular formula is C16H29N3O3. The number of likely N-dealkylation sites (N-methyl/N-ethyl adjacent to an activating group) is 1. The van der Waals surface area contributed by atoms with Crippen molar-refractivity contribution in [3.05, 3.63) is 0 Å². The van der Waals surface area contributed by atoms with E-state index in [1.54, 1.807) is 4.90 Å². The number of carboxylic acids is 1. The number of hydrogen-bond donors (Lipinski definition) is 1. The number of carbonyl (C=O) groups is 2. The lowest BCUT2D eigenvalue weighted by molar-refractivity contribution is -0.155. The van der Waals surface area contributed by atoms with Crippen LogP contribution in [0.2, 0.25) is 0 Å². The topological polar surface area (TPSA) is 64.1 Å². The first-order valence-electron chi connectivity index (χ1n) is 8.46. The van der Waals surface area contributed by atoms with Gasteiger partial charge in [-0.2, -0.15) is 0 Å². The van der Waals surface area contributed by atoms with Crippen molar-refractivity contribution in [3.8, 4) is 0 Å². The minimum atomic E-state index is -0.760. The molecule has 2 heterocycles. The molecule has 0 spiro atoms. The van der Waals surface area contributed by atoms with E-state index >= 15 is 0 Å². The first-order valence-corrected chi connectivity index (χ1v) is 8.46. The second-order valence-corrected chi connectivity index (χ2v) is 6.57. The molecular weight excluding hydrogens is 282 g/mol. The normalized spacial score (nSPS) is 27.8. The van der Waals surface area contributed by atoms with Gasteiger partial charge >= 0.3 is 5.97 Å². The fourth-order valence-corrected chi connectivity index (χ4v) is 3.51. The highest BCUT2D eigenvalue weighted by atomic mass is 16.4. The predicted octanol–water partition coefficient (Wildman–Crippen LogP) is 0.727. The molecule has 0 aromatic carbocycles. The van der Waals surface area contributed by atoms with Gasteiger partial charge in [0.05, 0.1) is 12.0 Å². The summed E-state index contributed by atoms with van der Waals surface area (Å²) in [6.07, 6.45) is 2.05. The molecule has 6 nitrogen and oxygen atoms in total. The van der Waals surface area contributed by atoms with Crippen LogP contribution in [0.1, 0.15) is 33.1 Å². The van der Waals surface area contributed by atoms with E-state index in [0.29, 0.717) is 32.5 Å². The van der Waals surface area contributed by atoms with Gasteiger partial charge in [0.15, 0.2) is 0 Å². The summed E-state index contributed by atoms with van der Waals surface area (Å²) in [6.45, 7) is 10.5. The van der Waals surface area contributed by atoms with Crippen molar-refractivity contribution in [2.45, 2.75) is 33.1 Å². The lowest BCUT2D eigenvalue weighted by Gasteiger charge is -2.41. The Balaban J connectivity index is 1.88. The highest BCUT2D eigenvalue weighted by Gasteiger charge is 2.42. The average Bonchev–Trinajstić information content (AvgIpc) is 2.55. The number of aliphatic carboxylic acids is 1. The molecule has 1 N–H and O–H groups in total. The third kappa shape index (κ3) is 3.79. The highest BCUT2D eigenvalue weighted by molar-refractivity contribution is 5.81. The zero-order valence-electron chi connectivity index (χ0n) is 13.9. The summed E-state index contributed by atoms with van der Waals surface area (Å²) in [6, 6.07) is 0. The van der Waals surface area contributed by atoms with Gasteiger partial charge < -0.3 is 14.9 Å². The molecule has 0 aromatic rings. The zero-order valence-corrected chi connectivity index (χ0v) is 13.9. The molecule has 0 bridgehead atoms. The van der Waals surface area contributed by atoms with Crippen molar-refractivity contribution in [2.75, 3.05) is 52.4 Å². The van der Waals surface area contributed by atoms with Crippen molar-refractivity contribution < 1.29 is 14.7 Å². The number of piperazine rings is 1. The summed E-state index contributed by atoms with van der Waals surface area (Å²) in [7, 11) is 0. The van der Waals surface area contributed by atoms with Crippen LogP contribution < -0.4 is 0 Å². The van der Waals surface area contributed by atoms with E-state index in [4.69, 9.17) is 0 Å². The standard InChI is InChI=1S/C16H29N3O3/c1-3-16(15(21)22)6-5-7-19(13-16)14(20)12-18-10-8-17(4-2)9-11-18/h3-13H2,1-2H3,(H,21,22)/t16-/m0/s1. The highest BCUT2D eigenvalue weighted by Crippen LogP contribution is 2.33. The molecule has 0 aromatic heterocycles. The van der Waals surface area contributed by atoms with Gasteiger partial charge in [-0.05, 0) is 25.8 Å². The molecule has 2 fully saturated rings. The van der Waals surface area contributed by atoms with Crippen LogP contribution >= 0.6 is 0 Å². The molecule has 1 atom stereocenters. The van der Waals surface area contributed by atoms with Crippen LogP contribution in [0.3, 0.4) is 0 Å². The molecule has 0 aliphatic carbocycles. The number of piperidine rings is 1. The van der Waals surface area contributed by atoms with Crippen molar-refractivity contribution in [1.29, 1.82) is 0 Å². The Morgan fingerprint density at radius 3 is 2.23 bits per heavy atom. The molecule has 2 aliphatic rings. The first-order chi connectivity index (χ1) is 10.5. The van der Waals surface area contributed by atoms with E-state index in [1.807, 2.05) is 6.92 Å². The van der Waals surface area contributed by atoms with Gasteiger partial charge in [-0.3, -0.25) is 14.5 Å². The number of rotatable bonds is 5.